The molecule has 5 heteroatoms. The lowest BCUT2D eigenvalue weighted by atomic mass is 10.0. The molecule has 18 heavy (non-hydrogen) atoms. The predicted octanol–water partition coefficient (Wildman–Crippen LogP) is 2.49. The first-order valence-electron chi connectivity index (χ1n) is 6.43. The van der Waals surface area contributed by atoms with Crippen LogP contribution in [0.15, 0.2) is 0 Å². The lowest BCUT2D eigenvalue weighted by molar-refractivity contribution is -0.148. The third-order valence-corrected chi connectivity index (χ3v) is 2.27. The maximum absolute atomic E-state index is 11.5. The van der Waals surface area contributed by atoms with Crippen molar-refractivity contribution in [1.82, 2.24) is 5.32 Å². The van der Waals surface area contributed by atoms with Gasteiger partial charge in [-0.15, -0.1) is 0 Å². The summed E-state index contributed by atoms with van der Waals surface area (Å²) in [5.74, 6) is -0.370. The Morgan fingerprint density at radius 3 is 2.28 bits per heavy atom. The van der Waals surface area contributed by atoms with E-state index in [0.717, 1.165) is 0 Å². The Morgan fingerprint density at radius 1 is 1.22 bits per heavy atom. The number of alkyl carbamates (subject to hydrolysis) is 1. The first kappa shape index (κ1) is 16.7. The molecule has 0 bridgehead atoms. The average Bonchev–Trinajstić information content (AvgIpc) is 2.22. The SMILES string of the molecule is CCOC(=O)C(CC)CCNC(=O)OC(C)(C)C. The summed E-state index contributed by atoms with van der Waals surface area (Å²) in [6, 6.07) is 0. The molecule has 0 rings (SSSR count). The number of amides is 1. The normalized spacial score (nSPS) is 12.7. The highest BCUT2D eigenvalue weighted by Crippen LogP contribution is 2.10. The van der Waals surface area contributed by atoms with E-state index in [9.17, 15) is 9.59 Å². The molecule has 0 aromatic rings. The summed E-state index contributed by atoms with van der Waals surface area (Å²) in [6.45, 7) is 9.92. The van der Waals surface area contributed by atoms with E-state index in [2.05, 4.69) is 5.32 Å². The van der Waals surface area contributed by atoms with Crippen LogP contribution in [0.3, 0.4) is 0 Å². The number of carbonyl (C=O) groups is 2. The number of carbonyl (C=O) groups excluding carboxylic acids is 2. The van der Waals surface area contributed by atoms with Gasteiger partial charge in [0.1, 0.15) is 5.60 Å². The van der Waals surface area contributed by atoms with Gasteiger partial charge in [-0.3, -0.25) is 4.79 Å². The highest BCUT2D eigenvalue weighted by Gasteiger charge is 2.19. The fourth-order valence-corrected chi connectivity index (χ4v) is 1.41. The van der Waals surface area contributed by atoms with Crippen LogP contribution in [-0.2, 0) is 14.3 Å². The molecule has 1 N–H and O–H groups in total. The topological polar surface area (TPSA) is 64.6 Å². The number of hydrogen-bond acceptors (Lipinski definition) is 4. The van der Waals surface area contributed by atoms with E-state index in [-0.39, 0.29) is 11.9 Å². The summed E-state index contributed by atoms with van der Waals surface area (Å²) in [5, 5.41) is 2.63. The van der Waals surface area contributed by atoms with E-state index in [1.807, 2.05) is 6.92 Å². The molecule has 1 atom stereocenters. The highest BCUT2D eigenvalue weighted by molar-refractivity contribution is 5.72. The van der Waals surface area contributed by atoms with Crippen molar-refractivity contribution in [2.45, 2.75) is 53.1 Å². The number of esters is 1. The van der Waals surface area contributed by atoms with Crippen molar-refractivity contribution in [1.29, 1.82) is 0 Å². The molecular formula is C13H25NO4. The van der Waals surface area contributed by atoms with Gasteiger partial charge in [0.25, 0.3) is 0 Å². The summed E-state index contributed by atoms with van der Waals surface area (Å²) >= 11 is 0. The van der Waals surface area contributed by atoms with Gasteiger partial charge in [-0.1, -0.05) is 6.92 Å². The first-order chi connectivity index (χ1) is 8.30. The summed E-state index contributed by atoms with van der Waals surface area (Å²) < 4.78 is 10.0. The van der Waals surface area contributed by atoms with Gasteiger partial charge in [-0.25, -0.2) is 4.79 Å². The Kier molecular flexibility index (Phi) is 7.39. The van der Waals surface area contributed by atoms with Gasteiger partial charge in [-0.2, -0.15) is 0 Å². The highest BCUT2D eigenvalue weighted by atomic mass is 16.6. The Hall–Kier alpha value is -1.26. The number of rotatable bonds is 6. The average molecular weight is 259 g/mol. The predicted molar refractivity (Wildman–Crippen MR) is 69.3 cm³/mol. The van der Waals surface area contributed by atoms with E-state index >= 15 is 0 Å². The molecule has 0 aromatic heterocycles. The van der Waals surface area contributed by atoms with Crippen LogP contribution in [-0.4, -0.2) is 30.8 Å². The molecule has 0 fully saturated rings. The molecule has 0 aliphatic carbocycles. The third-order valence-electron chi connectivity index (χ3n) is 2.27. The molecule has 1 unspecified atom stereocenters. The lowest BCUT2D eigenvalue weighted by Crippen LogP contribution is -2.34. The molecule has 1 amide bonds. The minimum atomic E-state index is -0.505. The van der Waals surface area contributed by atoms with Gasteiger partial charge in [0.2, 0.25) is 0 Å². The van der Waals surface area contributed by atoms with E-state index in [1.165, 1.54) is 0 Å². The Balaban J connectivity index is 3.94. The zero-order valence-electron chi connectivity index (χ0n) is 12.0. The van der Waals surface area contributed by atoms with Crippen molar-refractivity contribution in [2.75, 3.05) is 13.2 Å². The zero-order valence-corrected chi connectivity index (χ0v) is 12.0. The van der Waals surface area contributed by atoms with Gasteiger partial charge < -0.3 is 14.8 Å². The van der Waals surface area contributed by atoms with Crippen LogP contribution in [0.5, 0.6) is 0 Å². The van der Waals surface area contributed by atoms with E-state index < -0.39 is 11.7 Å². The summed E-state index contributed by atoms with van der Waals surface area (Å²) in [4.78, 5) is 22.9. The van der Waals surface area contributed by atoms with Crippen LogP contribution in [0.1, 0.15) is 47.5 Å². The Bertz CT molecular complexity index is 271. The van der Waals surface area contributed by atoms with Crippen LogP contribution in [0.25, 0.3) is 0 Å². The first-order valence-corrected chi connectivity index (χ1v) is 6.43. The third kappa shape index (κ3) is 7.92. The van der Waals surface area contributed by atoms with Crippen LogP contribution >= 0.6 is 0 Å². The minimum absolute atomic E-state index is 0.167. The van der Waals surface area contributed by atoms with Crippen molar-refractivity contribution in [3.05, 3.63) is 0 Å². The summed E-state index contributed by atoms with van der Waals surface area (Å²) in [5.41, 5.74) is -0.505. The largest absolute Gasteiger partial charge is 0.466 e. The smallest absolute Gasteiger partial charge is 0.407 e. The van der Waals surface area contributed by atoms with Gasteiger partial charge in [0.05, 0.1) is 12.5 Å². The second-order valence-electron chi connectivity index (χ2n) is 5.07. The van der Waals surface area contributed by atoms with Crippen molar-refractivity contribution in [2.24, 2.45) is 5.92 Å². The van der Waals surface area contributed by atoms with Gasteiger partial charge in [0, 0.05) is 6.54 Å². The Labute approximate surface area is 109 Å². The van der Waals surface area contributed by atoms with Crippen molar-refractivity contribution in [3.8, 4) is 0 Å². The molecule has 5 nitrogen and oxygen atoms in total. The second kappa shape index (κ2) is 7.95. The van der Waals surface area contributed by atoms with E-state index in [4.69, 9.17) is 9.47 Å². The van der Waals surface area contributed by atoms with E-state index in [1.54, 1.807) is 27.7 Å². The molecule has 0 aliphatic rings. The van der Waals surface area contributed by atoms with Crippen molar-refractivity contribution >= 4 is 12.1 Å². The molecule has 0 spiro atoms. The lowest BCUT2D eigenvalue weighted by Gasteiger charge is -2.20. The minimum Gasteiger partial charge on any atom is -0.466 e. The monoisotopic (exact) mass is 259 g/mol. The van der Waals surface area contributed by atoms with Gasteiger partial charge >= 0.3 is 12.1 Å². The van der Waals surface area contributed by atoms with Crippen LogP contribution in [0.4, 0.5) is 4.79 Å². The molecule has 0 aliphatic heterocycles. The fourth-order valence-electron chi connectivity index (χ4n) is 1.41. The standard InChI is InChI=1S/C13H25NO4/c1-6-10(11(15)17-7-2)8-9-14-12(16)18-13(3,4)5/h10H,6-9H2,1-5H3,(H,14,16). The molecule has 0 radical (unpaired) electrons. The maximum Gasteiger partial charge on any atom is 0.407 e. The zero-order chi connectivity index (χ0) is 14.2. The number of ether oxygens (including phenoxy) is 2. The molecule has 106 valence electrons. The molecule has 0 saturated carbocycles. The molecule has 0 saturated heterocycles. The van der Waals surface area contributed by atoms with Gasteiger partial charge in [-0.05, 0) is 40.5 Å². The van der Waals surface area contributed by atoms with Crippen LogP contribution < -0.4 is 5.32 Å². The number of nitrogens with one attached hydrogen (secondary N) is 1. The molecule has 0 heterocycles. The molecular weight excluding hydrogens is 234 g/mol. The van der Waals surface area contributed by atoms with Crippen LogP contribution in [0.2, 0.25) is 0 Å². The van der Waals surface area contributed by atoms with Gasteiger partial charge in [0.15, 0.2) is 0 Å². The van der Waals surface area contributed by atoms with Crippen LogP contribution in [0, 0.1) is 5.92 Å². The summed E-state index contributed by atoms with van der Waals surface area (Å²) in [7, 11) is 0. The second-order valence-corrected chi connectivity index (χ2v) is 5.07. The number of hydrogen-bond donors (Lipinski definition) is 1. The molecule has 0 aromatic carbocycles. The van der Waals surface area contributed by atoms with E-state index in [0.29, 0.717) is 26.0 Å². The van der Waals surface area contributed by atoms with Crippen molar-refractivity contribution in [3.63, 3.8) is 0 Å². The maximum atomic E-state index is 11.5. The Morgan fingerprint density at radius 2 is 1.83 bits per heavy atom. The summed E-state index contributed by atoms with van der Waals surface area (Å²) in [6.07, 6.45) is 0.810. The fraction of sp³-hybridized carbons (Fsp3) is 0.846. The quantitative estimate of drug-likeness (QED) is 0.744. The van der Waals surface area contributed by atoms with Crippen molar-refractivity contribution < 1.29 is 19.1 Å².